The summed E-state index contributed by atoms with van der Waals surface area (Å²) in [6.07, 6.45) is 1.10. The maximum absolute atomic E-state index is 11.6. The van der Waals surface area contributed by atoms with Gasteiger partial charge < -0.3 is 29.0 Å². The molecule has 1 amide bonds. The second-order valence-corrected chi connectivity index (χ2v) is 9.58. The third-order valence-corrected chi connectivity index (χ3v) is 6.79. The van der Waals surface area contributed by atoms with Crippen molar-refractivity contribution in [1.82, 2.24) is 4.90 Å². The van der Waals surface area contributed by atoms with Crippen LogP contribution in [0.1, 0.15) is 23.1 Å². The van der Waals surface area contributed by atoms with Gasteiger partial charge in [-0.15, -0.1) is 0 Å². The van der Waals surface area contributed by atoms with Crippen LogP contribution in [-0.4, -0.2) is 43.4 Å². The summed E-state index contributed by atoms with van der Waals surface area (Å²) >= 11 is 0. The molecule has 1 atom stereocenters. The van der Waals surface area contributed by atoms with Gasteiger partial charge in [0.05, 0.1) is 26.4 Å². The number of hydrogen-bond donors (Lipinski definition) is 0. The molecule has 1 unspecified atom stereocenters. The Kier molecular flexibility index (Phi) is 8.89. The first-order chi connectivity index (χ1) is 19.2. The largest absolute Gasteiger partial charge is 0.530 e. The molecule has 1 aliphatic rings. The van der Waals surface area contributed by atoms with Gasteiger partial charge in [-0.3, -0.25) is 0 Å². The fourth-order valence-corrected chi connectivity index (χ4v) is 4.69. The topological polar surface area (TPSA) is 71.1 Å². The molecular formula is C33H32NO5-. The zero-order valence-corrected chi connectivity index (χ0v) is 21.8. The number of carboxylic acid groups (broad SMARTS) is 1. The highest BCUT2D eigenvalue weighted by atomic mass is 16.5. The van der Waals surface area contributed by atoms with Crippen LogP contribution in [0, 0.1) is 0 Å². The molecule has 0 aliphatic carbocycles. The van der Waals surface area contributed by atoms with Gasteiger partial charge in [0.2, 0.25) is 0 Å². The van der Waals surface area contributed by atoms with E-state index >= 15 is 0 Å². The summed E-state index contributed by atoms with van der Waals surface area (Å²) in [5.41, 5.74) is 4.15. The predicted molar refractivity (Wildman–Crippen MR) is 150 cm³/mol. The van der Waals surface area contributed by atoms with Crippen LogP contribution in [0.4, 0.5) is 4.79 Å². The first-order valence-electron chi connectivity index (χ1n) is 13.3. The van der Waals surface area contributed by atoms with Crippen LogP contribution >= 0.6 is 0 Å². The van der Waals surface area contributed by atoms with Gasteiger partial charge in [0.1, 0.15) is 17.9 Å². The number of nitrogens with zero attached hydrogens (tertiary/aromatic N) is 1. The first-order valence-corrected chi connectivity index (χ1v) is 13.3. The second kappa shape index (κ2) is 13.1. The number of rotatable bonds is 11. The smallest absolute Gasteiger partial charge is 0.137 e. The van der Waals surface area contributed by atoms with Gasteiger partial charge in [-0.1, -0.05) is 84.9 Å². The van der Waals surface area contributed by atoms with E-state index in [1.165, 1.54) is 10.3 Å². The molecule has 5 rings (SSSR count). The van der Waals surface area contributed by atoms with E-state index in [9.17, 15) is 9.90 Å². The van der Waals surface area contributed by atoms with Crippen LogP contribution in [0.3, 0.4) is 0 Å². The third-order valence-electron chi connectivity index (χ3n) is 6.79. The number of benzene rings is 4. The van der Waals surface area contributed by atoms with Crippen molar-refractivity contribution >= 4 is 22.4 Å². The fourth-order valence-electron chi connectivity index (χ4n) is 4.69. The number of fused-ring (bicyclic) bond motifs is 1. The number of hydrogen-bond acceptors (Lipinski definition) is 5. The molecule has 0 aromatic heterocycles. The summed E-state index contributed by atoms with van der Waals surface area (Å²) in [6, 6.07) is 32.4. The minimum Gasteiger partial charge on any atom is -0.530 e. The summed E-state index contributed by atoms with van der Waals surface area (Å²) in [5.74, 6) is 0.781. The molecule has 0 spiro atoms. The average molecular weight is 523 g/mol. The zero-order chi connectivity index (χ0) is 26.9. The maximum atomic E-state index is 11.6. The van der Waals surface area contributed by atoms with Crippen LogP contribution in [-0.2, 0) is 22.7 Å². The lowest BCUT2D eigenvalue weighted by Crippen LogP contribution is -2.48. The summed E-state index contributed by atoms with van der Waals surface area (Å²) in [4.78, 5) is 12.8. The van der Waals surface area contributed by atoms with Crippen LogP contribution in [0.25, 0.3) is 16.3 Å². The van der Waals surface area contributed by atoms with Crippen LogP contribution in [0.5, 0.6) is 5.75 Å². The molecular weight excluding hydrogens is 490 g/mol. The Morgan fingerprint density at radius 1 is 0.821 bits per heavy atom. The molecule has 1 heterocycles. The van der Waals surface area contributed by atoms with Gasteiger partial charge in [-0.2, -0.15) is 0 Å². The summed E-state index contributed by atoms with van der Waals surface area (Å²) < 4.78 is 17.9. The molecule has 0 fully saturated rings. The Bertz CT molecular complexity index is 1400. The van der Waals surface area contributed by atoms with E-state index in [0.717, 1.165) is 39.8 Å². The van der Waals surface area contributed by atoms with Crippen molar-refractivity contribution in [2.24, 2.45) is 0 Å². The van der Waals surface area contributed by atoms with E-state index in [-0.39, 0.29) is 13.1 Å². The lowest BCUT2D eigenvalue weighted by atomic mass is 9.96. The number of amides is 1. The first kappa shape index (κ1) is 26.5. The Morgan fingerprint density at radius 2 is 1.59 bits per heavy atom. The highest BCUT2D eigenvalue weighted by molar-refractivity contribution is 5.83. The molecule has 1 aliphatic heterocycles. The van der Waals surface area contributed by atoms with Crippen molar-refractivity contribution in [3.8, 4) is 5.75 Å². The molecule has 200 valence electrons. The van der Waals surface area contributed by atoms with Gasteiger partial charge in [0.15, 0.2) is 0 Å². The van der Waals surface area contributed by atoms with E-state index in [2.05, 4.69) is 36.4 Å². The minimum atomic E-state index is -1.19. The maximum Gasteiger partial charge on any atom is 0.137 e. The Hall–Kier alpha value is -4.13. The quantitative estimate of drug-likeness (QED) is 0.245. The molecule has 4 aromatic carbocycles. The monoisotopic (exact) mass is 522 g/mol. The van der Waals surface area contributed by atoms with E-state index < -0.39 is 12.2 Å². The van der Waals surface area contributed by atoms with Crippen LogP contribution < -0.4 is 9.84 Å². The van der Waals surface area contributed by atoms with Gasteiger partial charge in [0.25, 0.3) is 0 Å². The fraction of sp³-hybridized carbons (Fsp3) is 0.242. The van der Waals surface area contributed by atoms with E-state index in [1.807, 2.05) is 66.7 Å². The standard InChI is InChI=1S/C33H33NO5/c35-33(36)34-18-17-31(32(22-34)39-24-26-11-12-27-9-4-5-10-29(27)21-26)28-13-15-30(16-14-28)38-20-6-19-37-23-25-7-2-1-3-8-25/h1-5,7-17,21,32H,6,18-20,22-24H2,(H,35,36)/p-1. The molecule has 0 radical (unpaired) electrons. The van der Waals surface area contributed by atoms with E-state index in [0.29, 0.717) is 26.4 Å². The van der Waals surface area contributed by atoms with Crippen molar-refractivity contribution in [3.05, 3.63) is 120 Å². The lowest BCUT2D eigenvalue weighted by molar-refractivity contribution is -0.266. The van der Waals surface area contributed by atoms with Crippen molar-refractivity contribution in [2.45, 2.75) is 25.7 Å². The molecule has 6 nitrogen and oxygen atoms in total. The molecule has 0 bridgehead atoms. The third kappa shape index (κ3) is 7.25. The summed E-state index contributed by atoms with van der Waals surface area (Å²) in [7, 11) is 0. The Labute approximate surface area is 229 Å². The van der Waals surface area contributed by atoms with Crippen molar-refractivity contribution < 1.29 is 24.1 Å². The van der Waals surface area contributed by atoms with Crippen molar-refractivity contribution in [3.63, 3.8) is 0 Å². The van der Waals surface area contributed by atoms with Crippen molar-refractivity contribution in [2.75, 3.05) is 26.3 Å². The number of carbonyl (C=O) groups is 1. The Morgan fingerprint density at radius 3 is 2.38 bits per heavy atom. The van der Waals surface area contributed by atoms with Crippen LogP contribution in [0.15, 0.2) is 103 Å². The Balaban J connectivity index is 1.16. The lowest BCUT2D eigenvalue weighted by Gasteiger charge is -2.34. The normalized spacial score (nSPS) is 15.2. The number of ether oxygens (including phenoxy) is 3. The van der Waals surface area contributed by atoms with Crippen molar-refractivity contribution in [1.29, 1.82) is 0 Å². The summed E-state index contributed by atoms with van der Waals surface area (Å²) in [6.45, 7) is 2.67. The average Bonchev–Trinajstić information content (AvgIpc) is 2.98. The molecule has 4 aromatic rings. The number of carbonyl (C=O) groups excluding carboxylic acids is 1. The zero-order valence-electron chi connectivity index (χ0n) is 21.8. The summed E-state index contributed by atoms with van der Waals surface area (Å²) in [5, 5.41) is 13.9. The molecule has 0 N–H and O–H groups in total. The van der Waals surface area contributed by atoms with Crippen LogP contribution in [0.2, 0.25) is 0 Å². The molecule has 0 saturated carbocycles. The van der Waals surface area contributed by atoms with Gasteiger partial charge in [0, 0.05) is 19.5 Å². The van der Waals surface area contributed by atoms with Gasteiger partial charge in [-0.25, -0.2) is 0 Å². The van der Waals surface area contributed by atoms with Gasteiger partial charge in [-0.05, 0) is 51.2 Å². The highest BCUT2D eigenvalue weighted by Gasteiger charge is 2.24. The van der Waals surface area contributed by atoms with Gasteiger partial charge >= 0.3 is 0 Å². The molecule has 39 heavy (non-hydrogen) atoms. The molecule has 6 heteroatoms. The second-order valence-electron chi connectivity index (χ2n) is 9.58. The SMILES string of the molecule is O=C([O-])N1CC=C(c2ccc(OCCCOCc3ccccc3)cc2)C(OCc2ccc3ccccc3c2)C1. The van der Waals surface area contributed by atoms with E-state index in [1.54, 1.807) is 0 Å². The minimum absolute atomic E-state index is 0.225. The molecule has 0 saturated heterocycles. The van der Waals surface area contributed by atoms with E-state index in [4.69, 9.17) is 14.2 Å². The predicted octanol–water partition coefficient (Wildman–Crippen LogP) is 5.45. The highest BCUT2D eigenvalue weighted by Crippen LogP contribution is 2.28.